The first-order chi connectivity index (χ1) is 11.5. The predicted molar refractivity (Wildman–Crippen MR) is 95.0 cm³/mol. The molecule has 1 fully saturated rings. The summed E-state index contributed by atoms with van der Waals surface area (Å²) in [6.45, 7) is 2.32. The van der Waals surface area contributed by atoms with Gasteiger partial charge in [0, 0.05) is 17.5 Å². The fraction of sp³-hybridized carbons (Fsp3) is 0.368. The quantitative estimate of drug-likeness (QED) is 0.921. The molecule has 24 heavy (non-hydrogen) atoms. The number of carbonyl (C=O) groups is 2. The molecule has 0 saturated carbocycles. The summed E-state index contributed by atoms with van der Waals surface area (Å²) in [5.41, 5.74) is 2.11. The van der Waals surface area contributed by atoms with E-state index >= 15 is 0 Å². The molecule has 126 valence electrons. The standard InChI is InChI=1S/C19H21NO3S/c1-13-4-7-16(19(22)23)12-20(13)18(21)11-14-5-8-15(9-6-14)17-3-2-10-24-17/h2-3,5-6,8-10,13,16H,4,7,11-12H2,1H3,(H,22,23)/t13-,16+/m0/s1. The maximum Gasteiger partial charge on any atom is 0.308 e. The Morgan fingerprint density at radius 3 is 2.58 bits per heavy atom. The number of nitrogens with zero attached hydrogens (tertiary/aromatic N) is 1. The van der Waals surface area contributed by atoms with Crippen LogP contribution in [0, 0.1) is 5.92 Å². The van der Waals surface area contributed by atoms with E-state index in [1.54, 1.807) is 16.2 Å². The van der Waals surface area contributed by atoms with Gasteiger partial charge >= 0.3 is 5.97 Å². The summed E-state index contributed by atoms with van der Waals surface area (Å²) in [7, 11) is 0. The first-order valence-corrected chi connectivity index (χ1v) is 9.07. The fourth-order valence-electron chi connectivity index (χ4n) is 3.16. The third-order valence-electron chi connectivity index (χ3n) is 4.67. The molecule has 0 aliphatic carbocycles. The number of carboxylic acids is 1. The maximum absolute atomic E-state index is 12.6. The average Bonchev–Trinajstić information content (AvgIpc) is 3.10. The van der Waals surface area contributed by atoms with Crippen LogP contribution in [0.4, 0.5) is 0 Å². The third-order valence-corrected chi connectivity index (χ3v) is 5.59. The van der Waals surface area contributed by atoms with Crippen molar-refractivity contribution in [3.8, 4) is 10.4 Å². The first-order valence-electron chi connectivity index (χ1n) is 8.19. The number of hydrogen-bond donors (Lipinski definition) is 1. The molecule has 3 rings (SSSR count). The Labute approximate surface area is 145 Å². The highest BCUT2D eigenvalue weighted by Gasteiger charge is 2.32. The second kappa shape index (κ2) is 7.18. The van der Waals surface area contributed by atoms with Crippen LogP contribution in [-0.4, -0.2) is 34.5 Å². The minimum atomic E-state index is -0.806. The number of carboxylic acid groups (broad SMARTS) is 1. The zero-order valence-electron chi connectivity index (χ0n) is 13.6. The molecule has 1 aromatic heterocycles. The van der Waals surface area contributed by atoms with E-state index in [1.807, 2.05) is 42.6 Å². The minimum absolute atomic E-state index is 0.0114. The van der Waals surface area contributed by atoms with Crippen LogP contribution in [0.5, 0.6) is 0 Å². The van der Waals surface area contributed by atoms with E-state index < -0.39 is 11.9 Å². The van der Waals surface area contributed by atoms with Gasteiger partial charge in [-0.2, -0.15) is 0 Å². The zero-order chi connectivity index (χ0) is 17.1. The number of rotatable bonds is 4. The van der Waals surface area contributed by atoms with Crippen molar-refractivity contribution in [2.24, 2.45) is 5.92 Å². The lowest BCUT2D eigenvalue weighted by Gasteiger charge is -2.36. The number of piperidine rings is 1. The Hall–Kier alpha value is -2.14. The monoisotopic (exact) mass is 343 g/mol. The molecule has 1 saturated heterocycles. The molecule has 1 aromatic carbocycles. The molecule has 1 aliphatic heterocycles. The molecule has 1 aliphatic rings. The van der Waals surface area contributed by atoms with Gasteiger partial charge < -0.3 is 10.0 Å². The zero-order valence-corrected chi connectivity index (χ0v) is 14.5. The number of amides is 1. The van der Waals surface area contributed by atoms with Crippen LogP contribution >= 0.6 is 11.3 Å². The molecular formula is C19H21NO3S. The van der Waals surface area contributed by atoms with Crippen molar-refractivity contribution < 1.29 is 14.7 Å². The van der Waals surface area contributed by atoms with Crippen LogP contribution in [-0.2, 0) is 16.0 Å². The normalized spacial score (nSPS) is 20.8. The Balaban J connectivity index is 1.66. The molecule has 4 nitrogen and oxygen atoms in total. The highest BCUT2D eigenvalue weighted by atomic mass is 32.1. The summed E-state index contributed by atoms with van der Waals surface area (Å²) in [6, 6.07) is 12.2. The minimum Gasteiger partial charge on any atom is -0.481 e. The summed E-state index contributed by atoms with van der Waals surface area (Å²) in [6.07, 6.45) is 1.72. The molecule has 2 aromatic rings. The van der Waals surface area contributed by atoms with Crippen molar-refractivity contribution in [1.29, 1.82) is 0 Å². The first kappa shape index (κ1) is 16.7. The fourth-order valence-corrected chi connectivity index (χ4v) is 3.89. The molecule has 0 spiro atoms. The van der Waals surface area contributed by atoms with Gasteiger partial charge in [-0.05, 0) is 42.3 Å². The van der Waals surface area contributed by atoms with Gasteiger partial charge in [-0.3, -0.25) is 9.59 Å². The Bertz CT molecular complexity index is 709. The summed E-state index contributed by atoms with van der Waals surface area (Å²) in [5.74, 6) is -1.23. The number of benzene rings is 1. The third kappa shape index (κ3) is 3.67. The largest absolute Gasteiger partial charge is 0.481 e. The molecule has 1 amide bonds. The van der Waals surface area contributed by atoms with E-state index in [1.165, 1.54) is 4.88 Å². The molecule has 0 bridgehead atoms. The van der Waals surface area contributed by atoms with Crippen molar-refractivity contribution >= 4 is 23.2 Å². The summed E-state index contributed by atoms with van der Waals surface area (Å²) >= 11 is 1.69. The van der Waals surface area contributed by atoms with Crippen molar-refractivity contribution in [3.63, 3.8) is 0 Å². The van der Waals surface area contributed by atoms with E-state index in [0.29, 0.717) is 19.4 Å². The van der Waals surface area contributed by atoms with Gasteiger partial charge in [0.2, 0.25) is 5.91 Å². The van der Waals surface area contributed by atoms with Gasteiger partial charge in [0.15, 0.2) is 0 Å². The number of hydrogen-bond acceptors (Lipinski definition) is 3. The maximum atomic E-state index is 12.6. The van der Waals surface area contributed by atoms with Crippen LogP contribution < -0.4 is 0 Å². The molecule has 2 atom stereocenters. The van der Waals surface area contributed by atoms with E-state index in [4.69, 9.17) is 0 Å². The van der Waals surface area contributed by atoms with E-state index in [2.05, 4.69) is 6.07 Å². The summed E-state index contributed by atoms with van der Waals surface area (Å²) < 4.78 is 0. The SMILES string of the molecule is C[C@H]1CC[C@@H](C(=O)O)CN1C(=O)Cc1ccc(-c2cccs2)cc1. The van der Waals surface area contributed by atoms with Gasteiger partial charge in [-0.1, -0.05) is 30.3 Å². The van der Waals surface area contributed by atoms with Crippen molar-refractivity contribution in [3.05, 3.63) is 47.3 Å². The molecular weight excluding hydrogens is 322 g/mol. The summed E-state index contributed by atoms with van der Waals surface area (Å²) in [5, 5.41) is 11.2. The van der Waals surface area contributed by atoms with E-state index in [-0.39, 0.29) is 11.9 Å². The highest BCUT2D eigenvalue weighted by molar-refractivity contribution is 7.13. The van der Waals surface area contributed by atoms with Crippen molar-refractivity contribution in [1.82, 2.24) is 4.90 Å². The summed E-state index contributed by atoms with van der Waals surface area (Å²) in [4.78, 5) is 26.7. The van der Waals surface area contributed by atoms with Crippen LogP contribution in [0.2, 0.25) is 0 Å². The predicted octanol–water partition coefficient (Wildman–Crippen LogP) is 3.67. The van der Waals surface area contributed by atoms with Gasteiger partial charge in [0.1, 0.15) is 0 Å². The molecule has 0 unspecified atom stereocenters. The Morgan fingerprint density at radius 2 is 1.96 bits per heavy atom. The topological polar surface area (TPSA) is 57.6 Å². The number of thiophene rings is 1. The molecule has 5 heteroatoms. The van der Waals surface area contributed by atoms with E-state index in [0.717, 1.165) is 17.5 Å². The number of carbonyl (C=O) groups excluding carboxylic acids is 1. The smallest absolute Gasteiger partial charge is 0.308 e. The van der Waals surface area contributed by atoms with Crippen molar-refractivity contribution in [2.75, 3.05) is 6.54 Å². The Kier molecular flexibility index (Phi) is 5.00. The lowest BCUT2D eigenvalue weighted by molar-refractivity contribution is -0.146. The second-order valence-corrected chi connectivity index (χ2v) is 7.31. The Morgan fingerprint density at radius 1 is 1.21 bits per heavy atom. The highest BCUT2D eigenvalue weighted by Crippen LogP contribution is 2.26. The second-order valence-electron chi connectivity index (χ2n) is 6.36. The van der Waals surface area contributed by atoms with Crippen LogP contribution in [0.1, 0.15) is 25.3 Å². The molecule has 2 heterocycles. The van der Waals surface area contributed by atoms with Crippen LogP contribution in [0.3, 0.4) is 0 Å². The number of aliphatic carboxylic acids is 1. The lowest BCUT2D eigenvalue weighted by Crippen LogP contribution is -2.47. The van der Waals surface area contributed by atoms with Gasteiger partial charge in [0.05, 0.1) is 12.3 Å². The molecule has 0 radical (unpaired) electrons. The lowest BCUT2D eigenvalue weighted by atomic mass is 9.93. The van der Waals surface area contributed by atoms with E-state index in [9.17, 15) is 14.7 Å². The van der Waals surface area contributed by atoms with Crippen LogP contribution in [0.15, 0.2) is 41.8 Å². The average molecular weight is 343 g/mol. The van der Waals surface area contributed by atoms with Gasteiger partial charge in [-0.15, -0.1) is 11.3 Å². The van der Waals surface area contributed by atoms with Crippen molar-refractivity contribution in [2.45, 2.75) is 32.2 Å². The van der Waals surface area contributed by atoms with Gasteiger partial charge in [0.25, 0.3) is 0 Å². The number of likely N-dealkylation sites (tertiary alicyclic amines) is 1. The molecule has 1 N–H and O–H groups in total. The van der Waals surface area contributed by atoms with Crippen LogP contribution in [0.25, 0.3) is 10.4 Å². The van der Waals surface area contributed by atoms with Gasteiger partial charge in [-0.25, -0.2) is 0 Å².